The maximum atomic E-state index is 5.92. The fraction of sp³-hybridized carbons (Fsp3) is 0.429. The van der Waals surface area contributed by atoms with E-state index in [1.54, 1.807) is 0 Å². The molecule has 1 unspecified atom stereocenters. The molecule has 1 saturated heterocycles. The van der Waals surface area contributed by atoms with Gasteiger partial charge in [0.15, 0.2) is 0 Å². The summed E-state index contributed by atoms with van der Waals surface area (Å²) in [5, 5.41) is 3.45. The molecule has 5 heteroatoms. The SMILES string of the molecule is CCC(C)[C@H](c1ccc(Oc2ccccc2)cc1)N1CCNCC1.Cl.Cl. The van der Waals surface area contributed by atoms with Crippen molar-refractivity contribution in [2.24, 2.45) is 5.92 Å². The molecule has 0 aromatic heterocycles. The fourth-order valence-electron chi connectivity index (χ4n) is 3.44. The molecule has 0 spiro atoms. The maximum Gasteiger partial charge on any atom is 0.127 e. The predicted molar refractivity (Wildman–Crippen MR) is 114 cm³/mol. The van der Waals surface area contributed by atoms with Gasteiger partial charge in [0.25, 0.3) is 0 Å². The van der Waals surface area contributed by atoms with Crippen LogP contribution < -0.4 is 10.1 Å². The molecule has 2 aromatic carbocycles. The maximum absolute atomic E-state index is 5.92. The molecule has 26 heavy (non-hydrogen) atoms. The molecule has 0 saturated carbocycles. The summed E-state index contributed by atoms with van der Waals surface area (Å²) in [6, 6.07) is 19.1. The van der Waals surface area contributed by atoms with Crippen LogP contribution in [0.15, 0.2) is 54.6 Å². The monoisotopic (exact) mass is 396 g/mol. The van der Waals surface area contributed by atoms with Gasteiger partial charge in [0, 0.05) is 32.2 Å². The van der Waals surface area contributed by atoms with Gasteiger partial charge in [-0.25, -0.2) is 0 Å². The lowest BCUT2D eigenvalue weighted by atomic mass is 9.90. The summed E-state index contributed by atoms with van der Waals surface area (Å²) < 4.78 is 5.92. The lowest BCUT2D eigenvalue weighted by molar-refractivity contribution is 0.128. The van der Waals surface area contributed by atoms with Crippen molar-refractivity contribution in [1.82, 2.24) is 10.2 Å². The summed E-state index contributed by atoms with van der Waals surface area (Å²) in [6.45, 7) is 9.06. The molecule has 144 valence electrons. The van der Waals surface area contributed by atoms with E-state index in [1.807, 2.05) is 30.3 Å². The van der Waals surface area contributed by atoms with Crippen LogP contribution in [0.3, 0.4) is 0 Å². The van der Waals surface area contributed by atoms with Crippen LogP contribution in [0.25, 0.3) is 0 Å². The van der Waals surface area contributed by atoms with Crippen LogP contribution in [-0.2, 0) is 0 Å². The summed E-state index contributed by atoms with van der Waals surface area (Å²) >= 11 is 0. The van der Waals surface area contributed by atoms with Crippen LogP contribution >= 0.6 is 24.8 Å². The number of rotatable bonds is 6. The quantitative estimate of drug-likeness (QED) is 0.715. The number of hydrogen-bond acceptors (Lipinski definition) is 3. The third-order valence-corrected chi connectivity index (χ3v) is 4.93. The van der Waals surface area contributed by atoms with Crippen molar-refractivity contribution >= 4 is 24.8 Å². The van der Waals surface area contributed by atoms with Gasteiger partial charge in [-0.15, -0.1) is 24.8 Å². The van der Waals surface area contributed by atoms with Crippen LogP contribution in [0.2, 0.25) is 0 Å². The normalized spacial score (nSPS) is 16.7. The van der Waals surface area contributed by atoms with Gasteiger partial charge >= 0.3 is 0 Å². The molecule has 2 atom stereocenters. The van der Waals surface area contributed by atoms with Gasteiger partial charge in [-0.2, -0.15) is 0 Å². The highest BCUT2D eigenvalue weighted by molar-refractivity contribution is 5.85. The van der Waals surface area contributed by atoms with E-state index in [2.05, 4.69) is 48.3 Å². The third kappa shape index (κ3) is 5.88. The van der Waals surface area contributed by atoms with Gasteiger partial charge in [-0.3, -0.25) is 4.90 Å². The van der Waals surface area contributed by atoms with Crippen LogP contribution in [0, 0.1) is 5.92 Å². The van der Waals surface area contributed by atoms with E-state index in [9.17, 15) is 0 Å². The molecular formula is C21H30Cl2N2O. The number of nitrogens with zero attached hydrogens (tertiary/aromatic N) is 1. The lowest BCUT2D eigenvalue weighted by Crippen LogP contribution is -2.46. The van der Waals surface area contributed by atoms with Crippen molar-refractivity contribution in [3.8, 4) is 11.5 Å². The van der Waals surface area contributed by atoms with Crippen LogP contribution in [0.4, 0.5) is 0 Å². The number of ether oxygens (including phenoxy) is 1. The highest BCUT2D eigenvalue weighted by Crippen LogP contribution is 2.32. The van der Waals surface area contributed by atoms with E-state index in [0.717, 1.165) is 37.7 Å². The zero-order valence-corrected chi connectivity index (χ0v) is 17.2. The standard InChI is InChI=1S/C21H28N2O.2ClH/c1-3-17(2)21(23-15-13-22-14-16-23)18-9-11-20(12-10-18)24-19-7-5-4-6-8-19;;/h4-12,17,21-22H,3,13-16H2,1-2H3;2*1H/t17?,21-;;/m1../s1. The first-order valence-electron chi connectivity index (χ1n) is 9.05. The van der Waals surface area contributed by atoms with E-state index in [1.165, 1.54) is 12.0 Å². The molecule has 0 bridgehead atoms. The van der Waals surface area contributed by atoms with Gasteiger partial charge in [0.05, 0.1) is 0 Å². The van der Waals surface area contributed by atoms with Gasteiger partial charge in [-0.05, 0) is 35.7 Å². The zero-order chi connectivity index (χ0) is 16.8. The molecule has 3 rings (SSSR count). The minimum Gasteiger partial charge on any atom is -0.457 e. The second-order valence-electron chi connectivity index (χ2n) is 6.60. The molecule has 3 nitrogen and oxygen atoms in total. The van der Waals surface area contributed by atoms with Gasteiger partial charge in [0.1, 0.15) is 11.5 Å². The molecule has 1 N–H and O–H groups in total. The van der Waals surface area contributed by atoms with Crippen molar-refractivity contribution < 1.29 is 4.74 Å². The van der Waals surface area contributed by atoms with E-state index in [4.69, 9.17) is 4.74 Å². The molecule has 1 fully saturated rings. The van der Waals surface area contributed by atoms with E-state index in [0.29, 0.717) is 12.0 Å². The molecule has 0 aliphatic carbocycles. The number of hydrogen-bond donors (Lipinski definition) is 1. The Kier molecular flexibility index (Phi) is 10.0. The largest absolute Gasteiger partial charge is 0.457 e. The topological polar surface area (TPSA) is 24.5 Å². The zero-order valence-electron chi connectivity index (χ0n) is 15.6. The van der Waals surface area contributed by atoms with Gasteiger partial charge < -0.3 is 10.1 Å². The second kappa shape index (κ2) is 11.5. The smallest absolute Gasteiger partial charge is 0.127 e. The second-order valence-corrected chi connectivity index (χ2v) is 6.60. The molecule has 2 aromatic rings. The van der Waals surface area contributed by atoms with E-state index < -0.39 is 0 Å². The van der Waals surface area contributed by atoms with Crippen molar-refractivity contribution in [2.75, 3.05) is 26.2 Å². The van der Waals surface area contributed by atoms with Crippen molar-refractivity contribution in [2.45, 2.75) is 26.3 Å². The van der Waals surface area contributed by atoms with Gasteiger partial charge in [0.2, 0.25) is 0 Å². The Labute approximate surface area is 169 Å². The molecule has 1 heterocycles. The first-order valence-corrected chi connectivity index (χ1v) is 9.05. The van der Waals surface area contributed by atoms with E-state index >= 15 is 0 Å². The van der Waals surface area contributed by atoms with Crippen molar-refractivity contribution in [3.63, 3.8) is 0 Å². The Balaban J connectivity index is 0.00000169. The Morgan fingerprint density at radius 3 is 2.08 bits per heavy atom. The fourth-order valence-corrected chi connectivity index (χ4v) is 3.44. The average Bonchev–Trinajstić information content (AvgIpc) is 2.65. The summed E-state index contributed by atoms with van der Waals surface area (Å²) in [5.74, 6) is 2.42. The first kappa shape index (κ1) is 22.8. The third-order valence-electron chi connectivity index (χ3n) is 4.93. The molecule has 1 aliphatic heterocycles. The summed E-state index contributed by atoms with van der Waals surface area (Å²) in [6.07, 6.45) is 1.19. The number of piperazine rings is 1. The van der Waals surface area contributed by atoms with Gasteiger partial charge in [-0.1, -0.05) is 50.6 Å². The molecule has 0 amide bonds. The Hall–Kier alpha value is -1.26. The number of nitrogens with one attached hydrogen (secondary N) is 1. The number of benzene rings is 2. The summed E-state index contributed by atoms with van der Waals surface area (Å²) in [7, 11) is 0. The lowest BCUT2D eigenvalue weighted by Gasteiger charge is -2.38. The highest BCUT2D eigenvalue weighted by atomic mass is 35.5. The number of para-hydroxylation sites is 1. The first-order chi connectivity index (χ1) is 11.8. The summed E-state index contributed by atoms with van der Waals surface area (Å²) in [5.41, 5.74) is 1.40. The van der Waals surface area contributed by atoms with Crippen molar-refractivity contribution in [1.29, 1.82) is 0 Å². The Morgan fingerprint density at radius 2 is 1.50 bits per heavy atom. The van der Waals surface area contributed by atoms with Crippen LogP contribution in [-0.4, -0.2) is 31.1 Å². The van der Waals surface area contributed by atoms with Crippen LogP contribution in [0.5, 0.6) is 11.5 Å². The van der Waals surface area contributed by atoms with Crippen molar-refractivity contribution in [3.05, 3.63) is 60.2 Å². The molecule has 0 radical (unpaired) electrons. The minimum absolute atomic E-state index is 0. The van der Waals surface area contributed by atoms with E-state index in [-0.39, 0.29) is 24.8 Å². The highest BCUT2D eigenvalue weighted by Gasteiger charge is 2.26. The Bertz CT molecular complexity index is 616. The summed E-state index contributed by atoms with van der Waals surface area (Å²) in [4.78, 5) is 2.62. The van der Waals surface area contributed by atoms with Crippen LogP contribution in [0.1, 0.15) is 31.9 Å². The average molecular weight is 397 g/mol. The Morgan fingerprint density at radius 1 is 0.923 bits per heavy atom. The molecule has 1 aliphatic rings. The minimum atomic E-state index is 0. The molecular weight excluding hydrogens is 367 g/mol. The number of halogens is 2. The predicted octanol–water partition coefficient (Wildman–Crippen LogP) is 5.31.